The lowest BCUT2D eigenvalue weighted by molar-refractivity contribution is -0.123. The molecule has 126 valence electrons. The molecule has 0 N–H and O–H groups in total. The lowest BCUT2D eigenvalue weighted by Gasteiger charge is -2.39. The van der Waals surface area contributed by atoms with Crippen LogP contribution in [0.1, 0.15) is 6.92 Å². The molecule has 1 heterocycles. The molecule has 4 heteroatoms. The second-order valence-electron chi connectivity index (χ2n) is 6.27. The van der Waals surface area contributed by atoms with Gasteiger partial charge in [0.05, 0.1) is 6.04 Å². The van der Waals surface area contributed by atoms with Crippen molar-refractivity contribution < 1.29 is 4.79 Å². The Balaban J connectivity index is 1.58. The molecule has 1 aliphatic heterocycles. The highest BCUT2D eigenvalue weighted by Crippen LogP contribution is 2.18. The van der Waals surface area contributed by atoms with E-state index in [0.717, 1.165) is 31.9 Å². The van der Waals surface area contributed by atoms with Gasteiger partial charge in [0.1, 0.15) is 0 Å². The van der Waals surface area contributed by atoms with Crippen LogP contribution in [0.15, 0.2) is 60.7 Å². The molecule has 4 nitrogen and oxygen atoms in total. The molecule has 24 heavy (non-hydrogen) atoms. The van der Waals surface area contributed by atoms with E-state index in [4.69, 9.17) is 0 Å². The van der Waals surface area contributed by atoms with E-state index in [1.807, 2.05) is 50.4 Å². The number of rotatable bonds is 4. The Morgan fingerprint density at radius 3 is 2.04 bits per heavy atom. The van der Waals surface area contributed by atoms with Crippen molar-refractivity contribution >= 4 is 17.3 Å². The molecule has 1 atom stereocenters. The number of hydrogen-bond acceptors (Lipinski definition) is 3. The largest absolute Gasteiger partial charge is 0.369 e. The van der Waals surface area contributed by atoms with Crippen LogP contribution in [-0.2, 0) is 4.79 Å². The Labute approximate surface area is 144 Å². The second kappa shape index (κ2) is 7.49. The number of amides is 1. The molecule has 1 saturated heterocycles. The predicted octanol–water partition coefficient (Wildman–Crippen LogP) is 2.86. The fourth-order valence-electron chi connectivity index (χ4n) is 3.22. The average molecular weight is 323 g/mol. The maximum absolute atomic E-state index is 12.8. The lowest BCUT2D eigenvalue weighted by Crippen LogP contribution is -2.54. The molecule has 0 aliphatic carbocycles. The van der Waals surface area contributed by atoms with Crippen molar-refractivity contribution in [2.75, 3.05) is 43.0 Å². The molecule has 3 rings (SSSR count). The topological polar surface area (TPSA) is 26.8 Å². The minimum Gasteiger partial charge on any atom is -0.369 e. The van der Waals surface area contributed by atoms with Gasteiger partial charge in [-0.05, 0) is 31.2 Å². The zero-order valence-electron chi connectivity index (χ0n) is 14.4. The summed E-state index contributed by atoms with van der Waals surface area (Å²) in [4.78, 5) is 19.2. The van der Waals surface area contributed by atoms with Crippen LogP contribution in [0.3, 0.4) is 0 Å². The third-order valence-electron chi connectivity index (χ3n) is 4.81. The van der Waals surface area contributed by atoms with Gasteiger partial charge < -0.3 is 9.80 Å². The molecule has 1 fully saturated rings. The van der Waals surface area contributed by atoms with Gasteiger partial charge in [-0.15, -0.1) is 0 Å². The van der Waals surface area contributed by atoms with Gasteiger partial charge in [0.2, 0.25) is 5.91 Å². The highest BCUT2D eigenvalue weighted by molar-refractivity contribution is 5.96. The molecule has 0 aromatic heterocycles. The standard InChI is InChI=1S/C20H25N3O/c1-17(20(24)21(2)18-9-5-3-6-10-18)22-13-15-23(16-14-22)19-11-7-4-8-12-19/h3-12,17H,13-16H2,1-2H3/t17-/m0/s1. The average Bonchev–Trinajstić information content (AvgIpc) is 2.68. The Kier molecular flexibility index (Phi) is 5.16. The van der Waals surface area contributed by atoms with Gasteiger partial charge in [0, 0.05) is 44.6 Å². The van der Waals surface area contributed by atoms with Crippen LogP contribution in [0.5, 0.6) is 0 Å². The van der Waals surface area contributed by atoms with Crippen LogP contribution in [0.2, 0.25) is 0 Å². The molecule has 0 bridgehead atoms. The molecule has 2 aromatic rings. The van der Waals surface area contributed by atoms with Crippen LogP contribution in [-0.4, -0.2) is 50.1 Å². The van der Waals surface area contributed by atoms with E-state index in [-0.39, 0.29) is 11.9 Å². The number of carbonyl (C=O) groups is 1. The van der Waals surface area contributed by atoms with Crippen LogP contribution in [0, 0.1) is 0 Å². The van der Waals surface area contributed by atoms with Crippen LogP contribution in [0.25, 0.3) is 0 Å². The van der Waals surface area contributed by atoms with Crippen LogP contribution < -0.4 is 9.80 Å². The fourth-order valence-corrected chi connectivity index (χ4v) is 3.22. The monoisotopic (exact) mass is 323 g/mol. The normalized spacial score (nSPS) is 16.7. The molecule has 0 spiro atoms. The number of likely N-dealkylation sites (N-methyl/N-ethyl adjacent to an activating group) is 1. The highest BCUT2D eigenvalue weighted by atomic mass is 16.2. The summed E-state index contributed by atoms with van der Waals surface area (Å²) in [6.45, 7) is 5.74. The minimum absolute atomic E-state index is 0.104. The second-order valence-corrected chi connectivity index (χ2v) is 6.27. The summed E-state index contributed by atoms with van der Waals surface area (Å²) < 4.78 is 0. The SMILES string of the molecule is C[C@@H](C(=O)N(C)c1ccccc1)N1CCN(c2ccccc2)CC1. The smallest absolute Gasteiger partial charge is 0.243 e. The third kappa shape index (κ3) is 3.60. The fraction of sp³-hybridized carbons (Fsp3) is 0.350. The maximum atomic E-state index is 12.8. The first-order chi connectivity index (χ1) is 11.7. The van der Waals surface area contributed by atoms with Gasteiger partial charge in [-0.2, -0.15) is 0 Å². The minimum atomic E-state index is -0.104. The van der Waals surface area contributed by atoms with E-state index < -0.39 is 0 Å². The van der Waals surface area contributed by atoms with Crippen molar-refractivity contribution in [2.24, 2.45) is 0 Å². The number of benzene rings is 2. The molecule has 0 radical (unpaired) electrons. The molecule has 1 aliphatic rings. The van der Waals surface area contributed by atoms with E-state index in [1.54, 1.807) is 4.90 Å². The number of carbonyl (C=O) groups excluding carboxylic acids is 1. The predicted molar refractivity (Wildman–Crippen MR) is 99.5 cm³/mol. The lowest BCUT2D eigenvalue weighted by atomic mass is 10.1. The van der Waals surface area contributed by atoms with Gasteiger partial charge in [0.25, 0.3) is 0 Å². The molecular formula is C20H25N3O. The molecule has 0 saturated carbocycles. The van der Waals surface area contributed by atoms with Gasteiger partial charge in [-0.3, -0.25) is 9.69 Å². The summed E-state index contributed by atoms with van der Waals surface area (Å²) in [7, 11) is 1.86. The summed E-state index contributed by atoms with van der Waals surface area (Å²) >= 11 is 0. The van der Waals surface area contributed by atoms with E-state index in [9.17, 15) is 4.79 Å². The number of hydrogen-bond donors (Lipinski definition) is 0. The Bertz CT molecular complexity index is 651. The first-order valence-corrected chi connectivity index (χ1v) is 8.53. The quantitative estimate of drug-likeness (QED) is 0.866. The number of piperazine rings is 1. The molecule has 1 amide bonds. The van der Waals surface area contributed by atoms with Crippen LogP contribution in [0.4, 0.5) is 11.4 Å². The third-order valence-corrected chi connectivity index (χ3v) is 4.81. The van der Waals surface area contributed by atoms with Crippen molar-refractivity contribution in [3.05, 3.63) is 60.7 Å². The van der Waals surface area contributed by atoms with Crippen LogP contribution >= 0.6 is 0 Å². The van der Waals surface area contributed by atoms with Crippen molar-refractivity contribution in [2.45, 2.75) is 13.0 Å². The summed E-state index contributed by atoms with van der Waals surface area (Å²) in [5.41, 5.74) is 2.20. The summed E-state index contributed by atoms with van der Waals surface area (Å²) in [6.07, 6.45) is 0. The van der Waals surface area contributed by atoms with E-state index >= 15 is 0 Å². The van der Waals surface area contributed by atoms with Gasteiger partial charge in [-0.25, -0.2) is 0 Å². The first-order valence-electron chi connectivity index (χ1n) is 8.53. The van der Waals surface area contributed by atoms with Crippen molar-refractivity contribution in [3.63, 3.8) is 0 Å². The van der Waals surface area contributed by atoms with Crippen molar-refractivity contribution in [3.8, 4) is 0 Å². The Morgan fingerprint density at radius 1 is 0.917 bits per heavy atom. The zero-order chi connectivity index (χ0) is 16.9. The van der Waals surface area contributed by atoms with Crippen molar-refractivity contribution in [1.82, 2.24) is 4.90 Å². The summed E-state index contributed by atoms with van der Waals surface area (Å²) in [5.74, 6) is 0.148. The maximum Gasteiger partial charge on any atom is 0.243 e. The van der Waals surface area contributed by atoms with Crippen molar-refractivity contribution in [1.29, 1.82) is 0 Å². The number of anilines is 2. The highest BCUT2D eigenvalue weighted by Gasteiger charge is 2.27. The van der Waals surface area contributed by atoms with E-state index in [0.29, 0.717) is 0 Å². The Hall–Kier alpha value is -2.33. The zero-order valence-corrected chi connectivity index (χ0v) is 14.4. The van der Waals surface area contributed by atoms with E-state index in [1.165, 1.54) is 5.69 Å². The molecule has 2 aromatic carbocycles. The number of para-hydroxylation sites is 2. The first kappa shape index (κ1) is 16.5. The van der Waals surface area contributed by atoms with Gasteiger partial charge in [-0.1, -0.05) is 36.4 Å². The summed E-state index contributed by atoms with van der Waals surface area (Å²) in [6, 6.07) is 20.2. The van der Waals surface area contributed by atoms with Gasteiger partial charge >= 0.3 is 0 Å². The number of nitrogens with zero attached hydrogens (tertiary/aromatic N) is 3. The summed E-state index contributed by atoms with van der Waals surface area (Å²) in [5, 5.41) is 0. The molecule has 0 unspecified atom stereocenters. The van der Waals surface area contributed by atoms with Gasteiger partial charge in [0.15, 0.2) is 0 Å². The molecular weight excluding hydrogens is 298 g/mol. The van der Waals surface area contributed by atoms with E-state index in [2.05, 4.69) is 34.1 Å². The Morgan fingerprint density at radius 2 is 1.46 bits per heavy atom.